The van der Waals surface area contributed by atoms with Crippen LogP contribution in [0.15, 0.2) is 77.5 Å². The minimum Gasteiger partial charge on any atom is -0.259 e. The van der Waals surface area contributed by atoms with Gasteiger partial charge in [0.2, 0.25) is 0 Å². The van der Waals surface area contributed by atoms with Crippen LogP contribution >= 0.6 is 7.05 Å². The molecule has 0 unspecified atom stereocenters. The van der Waals surface area contributed by atoms with Crippen LogP contribution in [0.2, 0.25) is 0 Å². The molecule has 0 saturated heterocycles. The van der Waals surface area contributed by atoms with E-state index in [1.165, 1.54) is 27.3 Å². The number of rotatable bonds is 3. The molecule has 0 bridgehead atoms. The highest BCUT2D eigenvalue weighted by atomic mass is 31.2. The number of benzene rings is 3. The van der Waals surface area contributed by atoms with E-state index in [2.05, 4.69) is 100 Å². The molecule has 0 radical (unpaired) electrons. The van der Waals surface area contributed by atoms with Gasteiger partial charge in [-0.25, -0.2) is 0 Å². The van der Waals surface area contributed by atoms with Gasteiger partial charge < -0.3 is 0 Å². The maximum atomic E-state index is 5.30. The standard InChI is InChI=1S/C22H24NP/c1-17-13-15-20(16-14-17)23-24(4,21-11-7-5-9-18(21)2)22-12-8-6-10-19(22)3/h5-16H,1-4H3. The SMILES string of the molecule is Cc1ccc(N=P(C)(c2ccccc2C)c2ccccc2C)cc1. The highest BCUT2D eigenvalue weighted by molar-refractivity contribution is 7.80. The Morgan fingerprint density at radius 2 is 1.08 bits per heavy atom. The zero-order chi connectivity index (χ0) is 17.2. The Labute approximate surface area is 145 Å². The topological polar surface area (TPSA) is 12.4 Å². The summed E-state index contributed by atoms with van der Waals surface area (Å²) >= 11 is 0. The summed E-state index contributed by atoms with van der Waals surface area (Å²) in [5.74, 6) is 0. The second kappa shape index (κ2) is 6.79. The molecule has 0 aliphatic heterocycles. The summed E-state index contributed by atoms with van der Waals surface area (Å²) < 4.78 is 5.30. The van der Waals surface area contributed by atoms with Crippen molar-refractivity contribution in [2.45, 2.75) is 20.8 Å². The van der Waals surface area contributed by atoms with E-state index in [1.807, 2.05) is 0 Å². The normalized spacial score (nSPS) is 11.3. The van der Waals surface area contributed by atoms with Gasteiger partial charge in [-0.1, -0.05) is 66.2 Å². The first-order valence-corrected chi connectivity index (χ1v) is 10.5. The van der Waals surface area contributed by atoms with E-state index in [0.717, 1.165) is 5.69 Å². The Bertz CT molecular complexity index is 858. The summed E-state index contributed by atoms with van der Waals surface area (Å²) in [4.78, 5) is 0. The summed E-state index contributed by atoms with van der Waals surface area (Å²) in [6.45, 7) is 8.82. The molecule has 0 aliphatic carbocycles. The molecule has 3 aromatic carbocycles. The van der Waals surface area contributed by atoms with Gasteiger partial charge >= 0.3 is 0 Å². The monoisotopic (exact) mass is 333 g/mol. The molecule has 0 spiro atoms. The van der Waals surface area contributed by atoms with Gasteiger partial charge in [-0.2, -0.15) is 0 Å². The Kier molecular flexibility index (Phi) is 4.73. The fourth-order valence-electron chi connectivity index (χ4n) is 3.18. The quantitative estimate of drug-likeness (QED) is 0.543. The highest BCUT2D eigenvalue weighted by Crippen LogP contribution is 2.47. The van der Waals surface area contributed by atoms with E-state index >= 15 is 0 Å². The molecule has 0 aliphatic rings. The van der Waals surface area contributed by atoms with E-state index in [9.17, 15) is 0 Å². The van der Waals surface area contributed by atoms with Crippen LogP contribution in [0.5, 0.6) is 0 Å². The minimum atomic E-state index is -1.86. The van der Waals surface area contributed by atoms with Crippen molar-refractivity contribution in [2.24, 2.45) is 4.74 Å². The fourth-order valence-corrected chi connectivity index (χ4v) is 6.53. The molecule has 24 heavy (non-hydrogen) atoms. The molecule has 0 heterocycles. The Hall–Kier alpha value is -2.11. The summed E-state index contributed by atoms with van der Waals surface area (Å²) in [7, 11) is -1.86. The molecule has 1 nitrogen and oxygen atoms in total. The van der Waals surface area contributed by atoms with E-state index in [4.69, 9.17) is 4.74 Å². The van der Waals surface area contributed by atoms with Crippen LogP contribution in [-0.4, -0.2) is 6.66 Å². The summed E-state index contributed by atoms with van der Waals surface area (Å²) in [6.07, 6.45) is 0. The molecule has 0 N–H and O–H groups in total. The van der Waals surface area contributed by atoms with Crippen LogP contribution < -0.4 is 10.6 Å². The summed E-state index contributed by atoms with van der Waals surface area (Å²) in [5.41, 5.74) is 4.95. The second-order valence-corrected chi connectivity index (χ2v) is 9.55. The van der Waals surface area contributed by atoms with Crippen molar-refractivity contribution < 1.29 is 0 Å². The molecule has 0 atom stereocenters. The van der Waals surface area contributed by atoms with Crippen molar-refractivity contribution in [3.8, 4) is 0 Å². The maximum Gasteiger partial charge on any atom is 0.0621 e. The fraction of sp³-hybridized carbons (Fsp3) is 0.182. The zero-order valence-electron chi connectivity index (χ0n) is 14.8. The Morgan fingerprint density at radius 1 is 0.625 bits per heavy atom. The number of nitrogens with zero attached hydrogens (tertiary/aromatic N) is 1. The second-order valence-electron chi connectivity index (χ2n) is 6.47. The highest BCUT2D eigenvalue weighted by Gasteiger charge is 2.22. The van der Waals surface area contributed by atoms with Crippen LogP contribution in [0.3, 0.4) is 0 Å². The number of hydrogen-bond acceptors (Lipinski definition) is 1. The largest absolute Gasteiger partial charge is 0.259 e. The molecular weight excluding hydrogens is 309 g/mol. The van der Waals surface area contributed by atoms with Crippen molar-refractivity contribution in [3.05, 3.63) is 89.5 Å². The predicted octanol–water partition coefficient (Wildman–Crippen LogP) is 5.73. The first-order chi connectivity index (χ1) is 11.5. The lowest BCUT2D eigenvalue weighted by Gasteiger charge is -2.25. The lowest BCUT2D eigenvalue weighted by atomic mass is 10.2. The van der Waals surface area contributed by atoms with Crippen LogP contribution in [-0.2, 0) is 0 Å². The van der Waals surface area contributed by atoms with Crippen molar-refractivity contribution in [1.82, 2.24) is 0 Å². The third-order valence-corrected chi connectivity index (χ3v) is 8.03. The van der Waals surface area contributed by atoms with Crippen molar-refractivity contribution in [3.63, 3.8) is 0 Å². The summed E-state index contributed by atoms with van der Waals surface area (Å²) in [5, 5.41) is 2.72. The third kappa shape index (κ3) is 3.23. The lowest BCUT2D eigenvalue weighted by Crippen LogP contribution is -2.19. The smallest absolute Gasteiger partial charge is 0.0621 e. The molecule has 0 saturated carbocycles. The van der Waals surface area contributed by atoms with Crippen LogP contribution in [0.25, 0.3) is 0 Å². The van der Waals surface area contributed by atoms with Gasteiger partial charge in [0.1, 0.15) is 0 Å². The minimum absolute atomic E-state index is 1.06. The molecule has 3 aromatic rings. The first-order valence-electron chi connectivity index (χ1n) is 8.29. The third-order valence-electron chi connectivity index (χ3n) is 4.52. The molecule has 3 rings (SSSR count). The van der Waals surface area contributed by atoms with Gasteiger partial charge in [-0.15, -0.1) is 0 Å². The predicted molar refractivity (Wildman–Crippen MR) is 108 cm³/mol. The van der Waals surface area contributed by atoms with Crippen molar-refractivity contribution >= 4 is 23.4 Å². The molecule has 0 amide bonds. The molecule has 0 aromatic heterocycles. The van der Waals surface area contributed by atoms with Crippen LogP contribution in [0.4, 0.5) is 5.69 Å². The average Bonchev–Trinajstić information content (AvgIpc) is 2.57. The zero-order valence-corrected chi connectivity index (χ0v) is 15.7. The lowest BCUT2D eigenvalue weighted by molar-refractivity contribution is 1.44. The summed E-state index contributed by atoms with van der Waals surface area (Å²) in [6, 6.07) is 25.9. The van der Waals surface area contributed by atoms with Crippen LogP contribution in [0, 0.1) is 20.8 Å². The van der Waals surface area contributed by atoms with Crippen molar-refractivity contribution in [1.29, 1.82) is 0 Å². The average molecular weight is 333 g/mol. The molecule has 0 fully saturated rings. The first kappa shape index (κ1) is 16.7. The maximum absolute atomic E-state index is 5.30. The number of aryl methyl sites for hydroxylation is 3. The number of hydrogen-bond donors (Lipinski definition) is 0. The Balaban J connectivity index is 2.31. The van der Waals surface area contributed by atoms with Gasteiger partial charge in [-0.3, -0.25) is 4.74 Å². The van der Waals surface area contributed by atoms with E-state index < -0.39 is 7.05 Å². The van der Waals surface area contributed by atoms with Gasteiger partial charge in [0, 0.05) is 7.05 Å². The van der Waals surface area contributed by atoms with E-state index in [1.54, 1.807) is 0 Å². The van der Waals surface area contributed by atoms with E-state index in [0.29, 0.717) is 0 Å². The van der Waals surface area contributed by atoms with Gasteiger partial charge in [0.05, 0.1) is 5.69 Å². The van der Waals surface area contributed by atoms with Crippen molar-refractivity contribution in [2.75, 3.05) is 6.66 Å². The molecular formula is C22H24NP. The van der Waals surface area contributed by atoms with Gasteiger partial charge in [-0.05, 0) is 61.3 Å². The van der Waals surface area contributed by atoms with E-state index in [-0.39, 0.29) is 0 Å². The van der Waals surface area contributed by atoms with Gasteiger partial charge in [0.25, 0.3) is 0 Å². The molecule has 122 valence electrons. The Morgan fingerprint density at radius 3 is 1.54 bits per heavy atom. The van der Waals surface area contributed by atoms with Crippen LogP contribution in [0.1, 0.15) is 16.7 Å². The van der Waals surface area contributed by atoms with Gasteiger partial charge in [0.15, 0.2) is 0 Å². The molecule has 2 heteroatoms.